The largest absolute Gasteiger partial charge is 0.451 e. The van der Waals surface area contributed by atoms with E-state index in [4.69, 9.17) is 9.26 Å². The Labute approximate surface area is 172 Å². The van der Waals surface area contributed by atoms with Crippen LogP contribution in [0.3, 0.4) is 0 Å². The Kier molecular flexibility index (Phi) is 4.85. The maximum Gasteiger partial charge on any atom is 0.339 e. The van der Waals surface area contributed by atoms with E-state index in [2.05, 4.69) is 10.1 Å². The maximum absolute atomic E-state index is 12.9. The molecule has 154 valence electrons. The van der Waals surface area contributed by atoms with Crippen molar-refractivity contribution in [1.82, 2.24) is 10.1 Å². The van der Waals surface area contributed by atoms with Gasteiger partial charge in [-0.2, -0.15) is 0 Å². The molecule has 0 saturated carbocycles. The summed E-state index contributed by atoms with van der Waals surface area (Å²) in [6.07, 6.45) is -0.296. The summed E-state index contributed by atoms with van der Waals surface area (Å²) in [5.74, 6) is -0.976. The summed E-state index contributed by atoms with van der Waals surface area (Å²) >= 11 is 0. The Bertz CT molecular complexity index is 1200. The quantitative estimate of drug-likeness (QED) is 0.483. The second-order valence-corrected chi connectivity index (χ2v) is 7.44. The Morgan fingerprint density at radius 2 is 1.97 bits per heavy atom. The van der Waals surface area contributed by atoms with Crippen LogP contribution in [-0.4, -0.2) is 40.4 Å². The molecule has 0 aliphatic carbocycles. The number of Topliss-reactive ketones (excluding diaryl/α,β-unsaturated/α-hetero) is 1. The molecule has 3 aromatic rings. The van der Waals surface area contributed by atoms with Gasteiger partial charge in [-0.05, 0) is 57.0 Å². The first kappa shape index (κ1) is 19.8. The van der Waals surface area contributed by atoms with Crippen LogP contribution in [0.25, 0.3) is 11.1 Å². The van der Waals surface area contributed by atoms with E-state index in [0.29, 0.717) is 35.3 Å². The van der Waals surface area contributed by atoms with Crippen LogP contribution < -0.4 is 4.90 Å². The summed E-state index contributed by atoms with van der Waals surface area (Å²) in [7, 11) is 0. The number of benzene rings is 1. The van der Waals surface area contributed by atoms with Gasteiger partial charge in [-0.1, -0.05) is 5.16 Å². The summed E-state index contributed by atoms with van der Waals surface area (Å²) in [6.45, 7) is 7.11. The van der Waals surface area contributed by atoms with Crippen molar-refractivity contribution in [3.05, 3.63) is 52.3 Å². The number of carbonyl (C=O) groups excluding carboxylic acids is 3. The molecule has 0 N–H and O–H groups in total. The maximum atomic E-state index is 12.9. The van der Waals surface area contributed by atoms with Crippen LogP contribution in [0.4, 0.5) is 5.69 Å². The standard InChI is InChI=1S/C22H21N3O5/c1-11-9-17(19-12(2)24-30-21(19)23-11)22(28)29-13(3)20(27)16-5-6-18-15(10-16)7-8-25(18)14(4)26/h5-6,9-10,13H,7-8H2,1-4H3/t13-/m1/s1. The zero-order chi connectivity index (χ0) is 21.6. The number of hydrogen-bond acceptors (Lipinski definition) is 7. The van der Waals surface area contributed by atoms with Gasteiger partial charge in [0.05, 0.1) is 16.6 Å². The zero-order valence-corrected chi connectivity index (χ0v) is 17.2. The number of nitrogens with zero attached hydrogens (tertiary/aromatic N) is 3. The lowest BCUT2D eigenvalue weighted by Gasteiger charge is -2.16. The average molecular weight is 407 g/mol. The van der Waals surface area contributed by atoms with E-state index in [1.54, 1.807) is 49.9 Å². The number of anilines is 1. The number of carbonyl (C=O) groups is 3. The molecule has 1 aromatic carbocycles. The molecule has 8 heteroatoms. The molecular weight excluding hydrogens is 386 g/mol. The van der Waals surface area contributed by atoms with Crippen LogP contribution in [0.2, 0.25) is 0 Å². The highest BCUT2D eigenvalue weighted by molar-refractivity contribution is 6.06. The van der Waals surface area contributed by atoms with Gasteiger partial charge in [0, 0.05) is 30.4 Å². The van der Waals surface area contributed by atoms with Crippen LogP contribution in [0.1, 0.15) is 51.5 Å². The SMILES string of the molecule is CC(=O)N1CCc2cc(C(=O)[C@@H](C)OC(=O)c3cc(C)nc4onc(C)c34)ccc21. The van der Waals surface area contributed by atoms with Crippen molar-refractivity contribution in [3.63, 3.8) is 0 Å². The zero-order valence-electron chi connectivity index (χ0n) is 17.2. The van der Waals surface area contributed by atoms with E-state index in [9.17, 15) is 14.4 Å². The molecule has 1 atom stereocenters. The van der Waals surface area contributed by atoms with Gasteiger partial charge >= 0.3 is 5.97 Å². The molecule has 8 nitrogen and oxygen atoms in total. The fraction of sp³-hybridized carbons (Fsp3) is 0.318. The fourth-order valence-electron chi connectivity index (χ4n) is 3.77. The van der Waals surface area contributed by atoms with Gasteiger partial charge in [-0.25, -0.2) is 9.78 Å². The van der Waals surface area contributed by atoms with Crippen molar-refractivity contribution < 1.29 is 23.6 Å². The molecule has 0 fully saturated rings. The van der Waals surface area contributed by atoms with Gasteiger partial charge in [-0.3, -0.25) is 9.59 Å². The van der Waals surface area contributed by atoms with Crippen LogP contribution in [-0.2, 0) is 16.0 Å². The van der Waals surface area contributed by atoms with Crippen LogP contribution in [0.15, 0.2) is 28.8 Å². The summed E-state index contributed by atoms with van der Waals surface area (Å²) < 4.78 is 10.6. The molecular formula is C22H21N3O5. The molecule has 0 saturated heterocycles. The molecule has 2 aromatic heterocycles. The number of pyridine rings is 1. The number of ketones is 1. The van der Waals surface area contributed by atoms with Gasteiger partial charge in [0.15, 0.2) is 6.10 Å². The molecule has 0 unspecified atom stereocenters. The second-order valence-electron chi connectivity index (χ2n) is 7.44. The van der Waals surface area contributed by atoms with Crippen molar-refractivity contribution >= 4 is 34.4 Å². The predicted octanol–water partition coefficient (Wildman–Crippen LogP) is 3.18. The summed E-state index contributed by atoms with van der Waals surface area (Å²) in [5.41, 5.74) is 3.82. The Balaban J connectivity index is 1.56. The van der Waals surface area contributed by atoms with E-state index in [1.165, 1.54) is 6.92 Å². The normalized spacial score (nSPS) is 13.9. The fourth-order valence-corrected chi connectivity index (χ4v) is 3.77. The van der Waals surface area contributed by atoms with E-state index in [-0.39, 0.29) is 23.0 Å². The van der Waals surface area contributed by atoms with E-state index in [0.717, 1.165) is 11.3 Å². The molecule has 1 aliphatic heterocycles. The topological polar surface area (TPSA) is 103 Å². The van der Waals surface area contributed by atoms with Crippen molar-refractivity contribution in [2.45, 2.75) is 40.2 Å². The lowest BCUT2D eigenvalue weighted by Crippen LogP contribution is -2.26. The minimum Gasteiger partial charge on any atom is -0.451 e. The first-order chi connectivity index (χ1) is 14.3. The summed E-state index contributed by atoms with van der Waals surface area (Å²) in [4.78, 5) is 43.3. The van der Waals surface area contributed by atoms with Crippen molar-refractivity contribution in [3.8, 4) is 0 Å². The van der Waals surface area contributed by atoms with Crippen molar-refractivity contribution in [2.24, 2.45) is 0 Å². The molecule has 30 heavy (non-hydrogen) atoms. The summed E-state index contributed by atoms with van der Waals surface area (Å²) in [6, 6.07) is 6.79. The Morgan fingerprint density at radius 1 is 1.20 bits per heavy atom. The number of rotatable bonds is 4. The third-order valence-corrected chi connectivity index (χ3v) is 5.26. The van der Waals surface area contributed by atoms with E-state index >= 15 is 0 Å². The van der Waals surface area contributed by atoms with Gasteiger partial charge in [0.1, 0.15) is 0 Å². The van der Waals surface area contributed by atoms with Gasteiger partial charge in [-0.15, -0.1) is 0 Å². The minimum absolute atomic E-state index is 0.0295. The van der Waals surface area contributed by atoms with E-state index in [1.807, 2.05) is 0 Å². The third-order valence-electron chi connectivity index (χ3n) is 5.26. The van der Waals surface area contributed by atoms with Crippen molar-refractivity contribution in [1.29, 1.82) is 0 Å². The molecule has 1 aliphatic rings. The van der Waals surface area contributed by atoms with Gasteiger partial charge in [0.25, 0.3) is 5.71 Å². The molecule has 0 spiro atoms. The van der Waals surface area contributed by atoms with Crippen LogP contribution >= 0.6 is 0 Å². The Hall–Kier alpha value is -3.55. The third kappa shape index (κ3) is 3.34. The number of aryl methyl sites for hydroxylation is 2. The number of ether oxygens (including phenoxy) is 1. The van der Waals surface area contributed by atoms with E-state index < -0.39 is 12.1 Å². The highest BCUT2D eigenvalue weighted by Crippen LogP contribution is 2.29. The smallest absolute Gasteiger partial charge is 0.339 e. The number of amides is 1. The number of esters is 1. The molecule has 0 bridgehead atoms. The number of fused-ring (bicyclic) bond motifs is 2. The lowest BCUT2D eigenvalue weighted by molar-refractivity contribution is -0.116. The minimum atomic E-state index is -0.982. The molecule has 1 amide bonds. The average Bonchev–Trinajstić information content (AvgIpc) is 3.29. The molecule has 0 radical (unpaired) electrons. The van der Waals surface area contributed by atoms with Gasteiger partial charge in [0.2, 0.25) is 11.7 Å². The van der Waals surface area contributed by atoms with Crippen LogP contribution in [0, 0.1) is 13.8 Å². The van der Waals surface area contributed by atoms with Crippen LogP contribution in [0.5, 0.6) is 0 Å². The first-order valence-corrected chi connectivity index (χ1v) is 9.66. The lowest BCUT2D eigenvalue weighted by atomic mass is 10.0. The van der Waals surface area contributed by atoms with Crippen molar-refractivity contribution in [2.75, 3.05) is 11.4 Å². The van der Waals surface area contributed by atoms with Gasteiger partial charge < -0.3 is 14.2 Å². The molecule has 3 heterocycles. The second kappa shape index (κ2) is 7.37. The first-order valence-electron chi connectivity index (χ1n) is 9.66. The Morgan fingerprint density at radius 3 is 2.70 bits per heavy atom. The highest BCUT2D eigenvalue weighted by atomic mass is 16.5. The highest BCUT2D eigenvalue weighted by Gasteiger charge is 2.27. The monoisotopic (exact) mass is 407 g/mol. The summed E-state index contributed by atoms with van der Waals surface area (Å²) in [5, 5.41) is 4.33. The molecule has 4 rings (SSSR count). The predicted molar refractivity (Wildman–Crippen MR) is 109 cm³/mol. The number of aromatic nitrogens is 2. The number of hydrogen-bond donors (Lipinski definition) is 0.